The molecule has 1 heteroatoms. The summed E-state index contributed by atoms with van der Waals surface area (Å²) < 4.78 is 0. The average molecular weight is 151 g/mol. The average Bonchev–Trinajstić information content (AvgIpc) is 1.97. The second kappa shape index (κ2) is 5.97. The van der Waals surface area contributed by atoms with E-state index in [9.17, 15) is 0 Å². The van der Waals surface area contributed by atoms with Crippen LogP contribution in [0.4, 0.5) is 0 Å². The quantitative estimate of drug-likeness (QED) is 0.434. The Labute approximate surface area is 69.9 Å². The van der Waals surface area contributed by atoms with Gasteiger partial charge in [0.15, 0.2) is 0 Å². The Bertz CT molecular complexity index is 159. The lowest BCUT2D eigenvalue weighted by Crippen LogP contribution is -1.94. The van der Waals surface area contributed by atoms with Gasteiger partial charge in [0.25, 0.3) is 0 Å². The van der Waals surface area contributed by atoms with Crippen molar-refractivity contribution in [3.63, 3.8) is 0 Å². The van der Waals surface area contributed by atoms with Crippen molar-refractivity contribution in [2.24, 2.45) is 10.9 Å². The van der Waals surface area contributed by atoms with Crippen molar-refractivity contribution in [3.8, 4) is 11.8 Å². The monoisotopic (exact) mass is 151 g/mol. The molecule has 0 heterocycles. The van der Waals surface area contributed by atoms with Crippen LogP contribution in [-0.2, 0) is 0 Å². The predicted molar refractivity (Wildman–Crippen MR) is 50.9 cm³/mol. The van der Waals surface area contributed by atoms with Gasteiger partial charge in [0.2, 0.25) is 0 Å². The first-order valence-corrected chi connectivity index (χ1v) is 4.11. The second-order valence-corrected chi connectivity index (χ2v) is 3.05. The van der Waals surface area contributed by atoms with Crippen molar-refractivity contribution in [1.82, 2.24) is 0 Å². The highest BCUT2D eigenvalue weighted by Gasteiger charge is 1.92. The van der Waals surface area contributed by atoms with Gasteiger partial charge in [-0.15, -0.1) is 11.8 Å². The summed E-state index contributed by atoms with van der Waals surface area (Å²) in [4.78, 5) is 3.89. The van der Waals surface area contributed by atoms with E-state index in [4.69, 9.17) is 0 Å². The van der Waals surface area contributed by atoms with E-state index in [1.54, 1.807) is 0 Å². The Morgan fingerprint density at radius 2 is 2.00 bits per heavy atom. The minimum atomic E-state index is 0.358. The van der Waals surface area contributed by atoms with Crippen LogP contribution in [0.3, 0.4) is 0 Å². The van der Waals surface area contributed by atoms with Crippen LogP contribution in [0.25, 0.3) is 0 Å². The molecule has 0 N–H and O–H groups in total. The zero-order chi connectivity index (χ0) is 8.69. The SMILES string of the molecule is C=NC(C)CCC#CC(C)C. The van der Waals surface area contributed by atoms with Gasteiger partial charge < -0.3 is 0 Å². The molecular weight excluding hydrogens is 134 g/mol. The van der Waals surface area contributed by atoms with Gasteiger partial charge in [0.1, 0.15) is 0 Å². The zero-order valence-electron chi connectivity index (χ0n) is 7.72. The maximum absolute atomic E-state index is 3.89. The summed E-state index contributed by atoms with van der Waals surface area (Å²) >= 11 is 0. The number of hydrogen-bond acceptors (Lipinski definition) is 1. The summed E-state index contributed by atoms with van der Waals surface area (Å²) in [7, 11) is 0. The molecule has 62 valence electrons. The highest BCUT2D eigenvalue weighted by Crippen LogP contribution is 1.98. The molecule has 0 aliphatic rings. The zero-order valence-corrected chi connectivity index (χ0v) is 7.72. The van der Waals surface area contributed by atoms with Crippen molar-refractivity contribution >= 4 is 6.72 Å². The first kappa shape index (κ1) is 10.2. The first-order chi connectivity index (χ1) is 5.16. The van der Waals surface area contributed by atoms with Gasteiger partial charge in [0, 0.05) is 18.4 Å². The fraction of sp³-hybridized carbons (Fsp3) is 0.700. The van der Waals surface area contributed by atoms with E-state index in [-0.39, 0.29) is 0 Å². The summed E-state index contributed by atoms with van der Waals surface area (Å²) in [6.07, 6.45) is 1.97. The largest absolute Gasteiger partial charge is 0.298 e. The molecule has 1 unspecified atom stereocenters. The topological polar surface area (TPSA) is 12.4 Å². The summed E-state index contributed by atoms with van der Waals surface area (Å²) in [5, 5.41) is 0. The molecule has 11 heavy (non-hydrogen) atoms. The van der Waals surface area contributed by atoms with E-state index in [1.165, 1.54) is 0 Å². The van der Waals surface area contributed by atoms with Gasteiger partial charge in [-0.2, -0.15) is 0 Å². The fourth-order valence-corrected chi connectivity index (χ4v) is 0.649. The Morgan fingerprint density at radius 1 is 1.36 bits per heavy atom. The smallest absolute Gasteiger partial charge is 0.0473 e. The molecular formula is C10H17N. The molecule has 0 spiro atoms. The fourth-order valence-electron chi connectivity index (χ4n) is 0.649. The van der Waals surface area contributed by atoms with Crippen molar-refractivity contribution in [2.75, 3.05) is 0 Å². The van der Waals surface area contributed by atoms with Crippen molar-refractivity contribution in [3.05, 3.63) is 0 Å². The molecule has 0 rings (SSSR count). The van der Waals surface area contributed by atoms with Crippen LogP contribution in [0, 0.1) is 17.8 Å². The van der Waals surface area contributed by atoms with Gasteiger partial charge in [-0.3, -0.25) is 4.99 Å². The van der Waals surface area contributed by atoms with Crippen LogP contribution in [0.5, 0.6) is 0 Å². The van der Waals surface area contributed by atoms with Crippen LogP contribution in [0.2, 0.25) is 0 Å². The molecule has 0 saturated heterocycles. The first-order valence-electron chi connectivity index (χ1n) is 4.11. The minimum absolute atomic E-state index is 0.358. The summed E-state index contributed by atoms with van der Waals surface area (Å²) in [5.74, 6) is 6.71. The second-order valence-electron chi connectivity index (χ2n) is 3.05. The minimum Gasteiger partial charge on any atom is -0.298 e. The molecule has 0 bridgehead atoms. The van der Waals surface area contributed by atoms with Gasteiger partial charge in [0.05, 0.1) is 0 Å². The molecule has 0 aromatic carbocycles. The molecule has 1 atom stereocenters. The molecule has 0 aliphatic carbocycles. The lowest BCUT2D eigenvalue weighted by molar-refractivity contribution is 0.689. The molecule has 0 fully saturated rings. The Kier molecular flexibility index (Phi) is 5.56. The maximum atomic E-state index is 3.89. The standard InChI is InChI=1S/C10H17N/c1-9(2)7-5-6-8-10(3)11-4/h9-10H,4,6,8H2,1-3H3. The summed E-state index contributed by atoms with van der Waals surface area (Å²) in [6, 6.07) is 0.358. The van der Waals surface area contributed by atoms with E-state index < -0.39 is 0 Å². The predicted octanol–water partition coefficient (Wildman–Crippen LogP) is 2.52. The third-order valence-electron chi connectivity index (χ3n) is 1.39. The highest BCUT2D eigenvalue weighted by molar-refractivity contribution is 5.23. The van der Waals surface area contributed by atoms with Gasteiger partial charge in [-0.25, -0.2) is 0 Å². The van der Waals surface area contributed by atoms with Crippen LogP contribution in [0.1, 0.15) is 33.6 Å². The molecule has 0 aromatic rings. The summed E-state index contributed by atoms with van der Waals surface area (Å²) in [6.45, 7) is 9.73. The number of hydrogen-bond donors (Lipinski definition) is 0. The molecule has 0 saturated carbocycles. The van der Waals surface area contributed by atoms with Crippen LogP contribution in [0.15, 0.2) is 4.99 Å². The highest BCUT2D eigenvalue weighted by atomic mass is 14.7. The summed E-state index contributed by atoms with van der Waals surface area (Å²) in [5.41, 5.74) is 0. The Morgan fingerprint density at radius 3 is 2.45 bits per heavy atom. The number of rotatable bonds is 3. The van der Waals surface area contributed by atoms with Crippen molar-refractivity contribution in [2.45, 2.75) is 39.7 Å². The van der Waals surface area contributed by atoms with Gasteiger partial charge in [-0.05, 0) is 20.1 Å². The van der Waals surface area contributed by atoms with Crippen LogP contribution < -0.4 is 0 Å². The van der Waals surface area contributed by atoms with Gasteiger partial charge in [-0.1, -0.05) is 13.8 Å². The molecule has 1 nitrogen and oxygen atoms in total. The molecule has 0 aliphatic heterocycles. The van der Waals surface area contributed by atoms with E-state index in [0.717, 1.165) is 12.8 Å². The van der Waals surface area contributed by atoms with Gasteiger partial charge >= 0.3 is 0 Å². The molecule has 0 aromatic heterocycles. The van der Waals surface area contributed by atoms with Crippen LogP contribution in [-0.4, -0.2) is 12.8 Å². The third kappa shape index (κ3) is 7.12. The van der Waals surface area contributed by atoms with E-state index >= 15 is 0 Å². The molecule has 0 amide bonds. The molecule has 0 radical (unpaired) electrons. The van der Waals surface area contributed by atoms with Crippen molar-refractivity contribution < 1.29 is 0 Å². The van der Waals surface area contributed by atoms with Crippen molar-refractivity contribution in [1.29, 1.82) is 0 Å². The van der Waals surface area contributed by atoms with Crippen LogP contribution >= 0.6 is 0 Å². The van der Waals surface area contributed by atoms with E-state index in [0.29, 0.717) is 12.0 Å². The lowest BCUT2D eigenvalue weighted by Gasteiger charge is -1.99. The Hall–Kier alpha value is -0.770. The van der Waals surface area contributed by atoms with E-state index in [1.807, 2.05) is 0 Å². The normalized spacial score (nSPS) is 12.0. The maximum Gasteiger partial charge on any atom is 0.0473 e. The lowest BCUT2D eigenvalue weighted by atomic mass is 10.1. The number of nitrogens with zero attached hydrogens (tertiary/aromatic N) is 1. The third-order valence-corrected chi connectivity index (χ3v) is 1.39. The van der Waals surface area contributed by atoms with E-state index in [2.05, 4.69) is 44.3 Å². The number of aliphatic imine (C=N–C) groups is 1. The Balaban J connectivity index is 3.43.